The van der Waals surface area contributed by atoms with Gasteiger partial charge in [0, 0.05) is 11.4 Å². The summed E-state index contributed by atoms with van der Waals surface area (Å²) in [6.45, 7) is -0.0958. The summed E-state index contributed by atoms with van der Waals surface area (Å²) in [4.78, 5) is 43.6. The Labute approximate surface area is 71.5 Å². The molecule has 7 heteroatoms. The molecule has 0 aliphatic carbocycles. The van der Waals surface area contributed by atoms with E-state index < -0.39 is 30.1 Å². The van der Waals surface area contributed by atoms with Crippen LogP contribution in [0.25, 0.3) is 0 Å². The number of Topliss-reactive ketones (excluding diaryl/α,β-unsaturated/α-hetero) is 2. The lowest BCUT2D eigenvalue weighted by Crippen LogP contribution is -2.24. The van der Waals surface area contributed by atoms with Gasteiger partial charge in [-0.3, -0.25) is 9.59 Å². The number of ketones is 2. The molecule has 0 aromatic rings. The minimum atomic E-state index is -1.78. The van der Waals surface area contributed by atoms with E-state index in [1.165, 1.54) is 0 Å². The van der Waals surface area contributed by atoms with Crippen molar-refractivity contribution in [2.24, 2.45) is 0 Å². The van der Waals surface area contributed by atoms with E-state index in [0.717, 1.165) is 6.92 Å². The summed E-state index contributed by atoms with van der Waals surface area (Å²) in [5.41, 5.74) is 0. The molecular weight excluding hydrogens is 187 g/mol. The van der Waals surface area contributed by atoms with Gasteiger partial charge < -0.3 is 4.74 Å². The molecule has 0 atom stereocenters. The lowest BCUT2D eigenvalue weighted by Gasteiger charge is -1.97. The van der Waals surface area contributed by atoms with Crippen LogP contribution >= 0.6 is 0 Å². The Morgan fingerprint density at radius 2 is 1.69 bits per heavy atom. The van der Waals surface area contributed by atoms with Crippen LogP contribution in [0.4, 0.5) is 4.53 Å². The number of carbonyl (C=O) groups is 4. The van der Waals surface area contributed by atoms with E-state index in [2.05, 4.69) is 9.68 Å². The molecule has 0 aromatic carbocycles. The summed E-state index contributed by atoms with van der Waals surface area (Å²) in [5.74, 6) is -5.38. The van der Waals surface area contributed by atoms with Crippen molar-refractivity contribution in [2.75, 3.05) is 6.61 Å². The van der Waals surface area contributed by atoms with Gasteiger partial charge in [0.2, 0.25) is 5.78 Å². The predicted octanol–water partition coefficient (Wildman–Crippen LogP) is -0.885. The number of carbonyl (C=O) groups excluding carboxylic acids is 4. The van der Waals surface area contributed by atoms with Crippen LogP contribution in [0.1, 0.15) is 6.92 Å². The van der Waals surface area contributed by atoms with E-state index >= 15 is 0 Å². The third kappa shape index (κ3) is 3.94. The van der Waals surface area contributed by atoms with Gasteiger partial charge in [-0.15, -0.1) is 0 Å². The molecule has 0 fully saturated rings. The summed E-state index contributed by atoms with van der Waals surface area (Å²) in [5, 5.41) is 0. The maximum absolute atomic E-state index is 11.0. The van der Waals surface area contributed by atoms with Crippen molar-refractivity contribution in [1.29, 1.82) is 0 Å². The molecule has 72 valence electrons. The van der Waals surface area contributed by atoms with Gasteiger partial charge in [0.05, 0.1) is 0 Å². The average Bonchev–Trinajstić information content (AvgIpc) is 2.11. The van der Waals surface area contributed by atoms with Crippen molar-refractivity contribution in [1.82, 2.24) is 0 Å². The first kappa shape index (κ1) is 11.2. The van der Waals surface area contributed by atoms with Crippen LogP contribution in [0.3, 0.4) is 0 Å². The zero-order chi connectivity index (χ0) is 10.4. The Bertz CT molecular complexity index is 258. The Hall–Kier alpha value is -1.79. The van der Waals surface area contributed by atoms with Crippen LogP contribution in [-0.2, 0) is 28.9 Å². The van der Waals surface area contributed by atoms with Crippen molar-refractivity contribution in [3.8, 4) is 0 Å². The second-order valence-corrected chi connectivity index (χ2v) is 1.92. The molecule has 0 saturated carbocycles. The van der Waals surface area contributed by atoms with Gasteiger partial charge in [-0.1, -0.05) is 0 Å². The lowest BCUT2D eigenvalue weighted by atomic mass is 10.4. The normalized spacial score (nSPS) is 8.77. The van der Waals surface area contributed by atoms with E-state index in [-0.39, 0.29) is 0 Å². The van der Waals surface area contributed by atoms with Gasteiger partial charge in [-0.25, -0.2) is 14.5 Å². The smallest absolute Gasteiger partial charge is 0.418 e. The molecule has 6 nitrogen and oxygen atoms in total. The standard InChI is InChI=1S/C6H5FO6/c1-3(8)5(10)12-2-4(9)6(11)13-7/h2H2,1H3. The summed E-state index contributed by atoms with van der Waals surface area (Å²) in [6.07, 6.45) is 0. The van der Waals surface area contributed by atoms with Crippen LogP contribution in [0.2, 0.25) is 0 Å². The Morgan fingerprint density at radius 1 is 1.15 bits per heavy atom. The maximum atomic E-state index is 11.0. The first-order valence-electron chi connectivity index (χ1n) is 3.02. The molecule has 0 aromatic heterocycles. The van der Waals surface area contributed by atoms with Crippen molar-refractivity contribution in [3.63, 3.8) is 0 Å². The van der Waals surface area contributed by atoms with Crippen LogP contribution in [0.5, 0.6) is 0 Å². The zero-order valence-corrected chi connectivity index (χ0v) is 6.53. The second-order valence-electron chi connectivity index (χ2n) is 1.92. The largest absolute Gasteiger partial charge is 0.451 e. The monoisotopic (exact) mass is 192 g/mol. The van der Waals surface area contributed by atoms with E-state index in [1.54, 1.807) is 0 Å². The number of esters is 1. The van der Waals surface area contributed by atoms with Crippen LogP contribution in [0.15, 0.2) is 0 Å². The predicted molar refractivity (Wildman–Crippen MR) is 33.8 cm³/mol. The Kier molecular flexibility index (Phi) is 4.28. The van der Waals surface area contributed by atoms with Gasteiger partial charge in [-0.2, -0.15) is 0 Å². The first-order valence-corrected chi connectivity index (χ1v) is 3.02. The number of ether oxygens (including phenoxy) is 1. The van der Waals surface area contributed by atoms with Gasteiger partial charge in [0.15, 0.2) is 6.61 Å². The Balaban J connectivity index is 3.90. The van der Waals surface area contributed by atoms with E-state index in [4.69, 9.17) is 0 Å². The topological polar surface area (TPSA) is 86.7 Å². The zero-order valence-electron chi connectivity index (χ0n) is 6.53. The highest BCUT2D eigenvalue weighted by Crippen LogP contribution is 1.86. The van der Waals surface area contributed by atoms with Crippen molar-refractivity contribution in [2.45, 2.75) is 6.92 Å². The number of hydrogen-bond acceptors (Lipinski definition) is 6. The van der Waals surface area contributed by atoms with Crippen LogP contribution in [-0.4, -0.2) is 30.1 Å². The lowest BCUT2D eigenvalue weighted by molar-refractivity contribution is -0.187. The fourth-order valence-electron chi connectivity index (χ4n) is 0.335. The fraction of sp³-hybridized carbons (Fsp3) is 0.333. The molecule has 13 heavy (non-hydrogen) atoms. The van der Waals surface area contributed by atoms with Crippen molar-refractivity contribution in [3.05, 3.63) is 0 Å². The highest BCUT2D eigenvalue weighted by Gasteiger charge is 2.19. The second kappa shape index (κ2) is 4.96. The summed E-state index contributed by atoms with van der Waals surface area (Å²) in [7, 11) is 0. The summed E-state index contributed by atoms with van der Waals surface area (Å²) >= 11 is 0. The first-order chi connectivity index (χ1) is 5.99. The minimum Gasteiger partial charge on any atom is -0.451 e. The van der Waals surface area contributed by atoms with Gasteiger partial charge >= 0.3 is 11.9 Å². The number of halogens is 1. The molecule has 0 amide bonds. The molecule has 0 aliphatic rings. The highest BCUT2D eigenvalue weighted by atomic mass is 19.3. The fourth-order valence-corrected chi connectivity index (χ4v) is 0.335. The molecular formula is C6H5FO6. The molecule has 0 saturated heterocycles. The average molecular weight is 192 g/mol. The Morgan fingerprint density at radius 3 is 2.08 bits per heavy atom. The number of rotatable bonds is 4. The highest BCUT2D eigenvalue weighted by molar-refractivity contribution is 6.36. The molecule has 0 N–H and O–H groups in total. The minimum absolute atomic E-state index is 0.917. The molecule has 0 radical (unpaired) electrons. The van der Waals surface area contributed by atoms with Crippen molar-refractivity contribution < 1.29 is 33.4 Å². The van der Waals surface area contributed by atoms with Crippen molar-refractivity contribution >= 4 is 23.5 Å². The molecule has 0 heterocycles. The third-order valence-electron chi connectivity index (χ3n) is 0.920. The van der Waals surface area contributed by atoms with Gasteiger partial charge in [0.1, 0.15) is 0 Å². The number of hydrogen-bond donors (Lipinski definition) is 0. The van der Waals surface area contributed by atoms with E-state index in [0.29, 0.717) is 0 Å². The van der Waals surface area contributed by atoms with Gasteiger partial charge in [0.25, 0.3) is 5.78 Å². The summed E-state index contributed by atoms with van der Waals surface area (Å²) < 4.78 is 15.0. The maximum Gasteiger partial charge on any atom is 0.418 e. The van der Waals surface area contributed by atoms with E-state index in [1.807, 2.05) is 0 Å². The quantitative estimate of drug-likeness (QED) is 0.424. The van der Waals surface area contributed by atoms with Crippen LogP contribution in [0, 0.1) is 0 Å². The summed E-state index contributed by atoms with van der Waals surface area (Å²) in [6, 6.07) is 0. The molecule has 0 bridgehead atoms. The van der Waals surface area contributed by atoms with Crippen LogP contribution < -0.4 is 0 Å². The molecule has 0 rings (SSSR count). The third-order valence-corrected chi connectivity index (χ3v) is 0.920. The van der Waals surface area contributed by atoms with E-state index in [9.17, 15) is 23.7 Å². The molecule has 0 spiro atoms. The molecule has 0 unspecified atom stereocenters. The van der Waals surface area contributed by atoms with Gasteiger partial charge in [-0.05, 0) is 0 Å². The SMILES string of the molecule is CC(=O)C(=O)OCC(=O)C(=O)OF. The molecule has 0 aliphatic heterocycles.